The lowest BCUT2D eigenvalue weighted by Crippen LogP contribution is -2.40. The van der Waals surface area contributed by atoms with Gasteiger partial charge in [-0.05, 0) is 49.9 Å². The average molecular weight is 292 g/mol. The Bertz CT molecular complexity index is 498. The monoisotopic (exact) mass is 292 g/mol. The Kier molecular flexibility index (Phi) is 5.31. The van der Waals surface area contributed by atoms with Crippen LogP contribution in [0.1, 0.15) is 50.3 Å². The summed E-state index contributed by atoms with van der Waals surface area (Å²) in [7, 11) is 0. The molecule has 2 rings (SSSR count). The molecule has 1 aliphatic carbocycles. The number of fused-ring (bicyclic) bond motifs is 1. The number of non-ortho nitro benzene ring substituents is 1. The van der Waals surface area contributed by atoms with Crippen molar-refractivity contribution in [3.8, 4) is 0 Å². The first-order valence-electron chi connectivity index (χ1n) is 7.77. The van der Waals surface area contributed by atoms with Gasteiger partial charge in [-0.2, -0.15) is 0 Å². The number of hydrogen-bond donors (Lipinski definition) is 1. The fourth-order valence-corrected chi connectivity index (χ4v) is 3.28. The quantitative estimate of drug-likeness (QED) is 0.646. The largest absolute Gasteiger partial charge is 0.391 e. The van der Waals surface area contributed by atoms with Crippen molar-refractivity contribution in [3.05, 3.63) is 39.4 Å². The van der Waals surface area contributed by atoms with E-state index >= 15 is 0 Å². The fourth-order valence-electron chi connectivity index (χ4n) is 3.28. The number of benzene rings is 1. The van der Waals surface area contributed by atoms with Gasteiger partial charge in [0.05, 0.1) is 17.1 Å². The molecule has 1 aliphatic rings. The molecule has 0 saturated carbocycles. The number of nitrogens with zero attached hydrogens (tertiary/aromatic N) is 2. The molecule has 0 aliphatic heterocycles. The van der Waals surface area contributed by atoms with E-state index in [1.807, 2.05) is 6.07 Å². The van der Waals surface area contributed by atoms with Gasteiger partial charge in [0.25, 0.3) is 5.69 Å². The Balaban J connectivity index is 2.36. The summed E-state index contributed by atoms with van der Waals surface area (Å²) in [6.07, 6.45) is 3.05. The van der Waals surface area contributed by atoms with E-state index in [9.17, 15) is 15.2 Å². The van der Waals surface area contributed by atoms with Gasteiger partial charge in [-0.1, -0.05) is 19.9 Å². The lowest BCUT2D eigenvalue weighted by atomic mass is 9.84. The summed E-state index contributed by atoms with van der Waals surface area (Å²) in [5, 5.41) is 21.4. The van der Waals surface area contributed by atoms with Crippen molar-refractivity contribution in [1.82, 2.24) is 4.90 Å². The van der Waals surface area contributed by atoms with Gasteiger partial charge in [-0.3, -0.25) is 15.0 Å². The Morgan fingerprint density at radius 3 is 2.57 bits per heavy atom. The molecule has 0 amide bonds. The zero-order valence-electron chi connectivity index (χ0n) is 12.8. The molecule has 1 N–H and O–H groups in total. The molecule has 2 atom stereocenters. The highest BCUT2D eigenvalue weighted by molar-refractivity contribution is 5.43. The molecule has 0 radical (unpaired) electrons. The highest BCUT2D eigenvalue weighted by Gasteiger charge is 2.33. The minimum atomic E-state index is -0.392. The molecule has 0 fully saturated rings. The first-order valence-corrected chi connectivity index (χ1v) is 7.77. The van der Waals surface area contributed by atoms with E-state index in [2.05, 4.69) is 18.7 Å². The molecule has 21 heavy (non-hydrogen) atoms. The first-order chi connectivity index (χ1) is 10.1. The Labute approximate surface area is 125 Å². The Morgan fingerprint density at radius 1 is 1.33 bits per heavy atom. The smallest absolute Gasteiger partial charge is 0.269 e. The fraction of sp³-hybridized carbons (Fsp3) is 0.625. The summed E-state index contributed by atoms with van der Waals surface area (Å²) < 4.78 is 0. The first kappa shape index (κ1) is 15.9. The number of nitro groups is 1. The molecule has 5 heteroatoms. The molecular weight excluding hydrogens is 268 g/mol. The van der Waals surface area contributed by atoms with Crippen molar-refractivity contribution in [3.63, 3.8) is 0 Å². The normalized spacial score (nSPS) is 21.3. The Morgan fingerprint density at radius 2 is 2.00 bits per heavy atom. The topological polar surface area (TPSA) is 66.6 Å². The average Bonchev–Trinajstić information content (AvgIpc) is 2.46. The van der Waals surface area contributed by atoms with E-state index in [0.29, 0.717) is 12.8 Å². The van der Waals surface area contributed by atoms with E-state index in [0.717, 1.165) is 37.1 Å². The maximum Gasteiger partial charge on any atom is 0.269 e. The van der Waals surface area contributed by atoms with E-state index in [-0.39, 0.29) is 16.7 Å². The van der Waals surface area contributed by atoms with Gasteiger partial charge in [0.15, 0.2) is 0 Å². The third-order valence-electron chi connectivity index (χ3n) is 4.14. The van der Waals surface area contributed by atoms with Gasteiger partial charge in [-0.15, -0.1) is 0 Å². The third kappa shape index (κ3) is 3.41. The molecular formula is C16H24N2O3. The summed E-state index contributed by atoms with van der Waals surface area (Å²) in [5.74, 6) is 0. The summed E-state index contributed by atoms with van der Waals surface area (Å²) >= 11 is 0. The van der Waals surface area contributed by atoms with Crippen molar-refractivity contribution >= 4 is 5.69 Å². The SMILES string of the molecule is CCCN(CCC)C1c2ccc([N+](=O)[O-])cc2CCC1O. The van der Waals surface area contributed by atoms with Crippen molar-refractivity contribution in [1.29, 1.82) is 0 Å². The predicted molar refractivity (Wildman–Crippen MR) is 82.3 cm³/mol. The van der Waals surface area contributed by atoms with Crippen molar-refractivity contribution in [2.24, 2.45) is 0 Å². The van der Waals surface area contributed by atoms with Crippen LogP contribution >= 0.6 is 0 Å². The molecule has 116 valence electrons. The molecule has 2 unspecified atom stereocenters. The van der Waals surface area contributed by atoms with Crippen LogP contribution < -0.4 is 0 Å². The highest BCUT2D eigenvalue weighted by atomic mass is 16.6. The number of hydrogen-bond acceptors (Lipinski definition) is 4. The van der Waals surface area contributed by atoms with E-state index in [1.165, 1.54) is 0 Å². The van der Waals surface area contributed by atoms with Crippen LogP contribution in [0.4, 0.5) is 5.69 Å². The molecule has 0 spiro atoms. The summed E-state index contributed by atoms with van der Waals surface area (Å²) in [4.78, 5) is 12.9. The van der Waals surface area contributed by atoms with E-state index < -0.39 is 6.10 Å². The van der Waals surface area contributed by atoms with Crippen LogP contribution in [0.3, 0.4) is 0 Å². The van der Waals surface area contributed by atoms with Crippen LogP contribution in [0.5, 0.6) is 0 Å². The second kappa shape index (κ2) is 7.00. The van der Waals surface area contributed by atoms with Gasteiger partial charge < -0.3 is 5.11 Å². The second-order valence-electron chi connectivity index (χ2n) is 5.73. The molecule has 0 bridgehead atoms. The maximum absolute atomic E-state index is 10.9. The molecule has 1 aromatic carbocycles. The number of aliphatic hydroxyl groups is 1. The number of aryl methyl sites for hydroxylation is 1. The number of nitro benzene ring substituents is 1. The summed E-state index contributed by atoms with van der Waals surface area (Å²) in [6, 6.07) is 5.03. The van der Waals surface area contributed by atoms with E-state index in [4.69, 9.17) is 0 Å². The van der Waals surface area contributed by atoms with Crippen LogP contribution in [-0.4, -0.2) is 34.1 Å². The van der Waals surface area contributed by atoms with Crippen LogP contribution in [0, 0.1) is 10.1 Å². The van der Waals surface area contributed by atoms with Gasteiger partial charge in [0, 0.05) is 12.1 Å². The highest BCUT2D eigenvalue weighted by Crippen LogP contribution is 2.36. The summed E-state index contributed by atoms with van der Waals surface area (Å²) in [6.45, 7) is 6.14. The van der Waals surface area contributed by atoms with Crippen LogP contribution in [-0.2, 0) is 6.42 Å². The molecule has 0 heterocycles. The third-order valence-corrected chi connectivity index (χ3v) is 4.14. The molecule has 1 aromatic rings. The van der Waals surface area contributed by atoms with Crippen molar-refractivity contribution < 1.29 is 10.0 Å². The van der Waals surface area contributed by atoms with Gasteiger partial charge in [0.2, 0.25) is 0 Å². The predicted octanol–water partition coefficient (Wildman–Crippen LogP) is 3.07. The van der Waals surface area contributed by atoms with Crippen LogP contribution in [0.15, 0.2) is 18.2 Å². The minimum Gasteiger partial charge on any atom is -0.391 e. The van der Waals surface area contributed by atoms with Crippen molar-refractivity contribution in [2.75, 3.05) is 13.1 Å². The lowest BCUT2D eigenvalue weighted by Gasteiger charge is -2.39. The van der Waals surface area contributed by atoms with Gasteiger partial charge in [-0.25, -0.2) is 0 Å². The van der Waals surface area contributed by atoms with E-state index in [1.54, 1.807) is 12.1 Å². The zero-order valence-corrected chi connectivity index (χ0v) is 12.8. The molecule has 5 nitrogen and oxygen atoms in total. The maximum atomic E-state index is 10.9. The standard InChI is InChI=1S/C16H24N2O3/c1-3-9-17(10-4-2)16-14-7-6-13(18(20)21)11-12(14)5-8-15(16)19/h6-7,11,15-16,19H,3-5,8-10H2,1-2H3. The molecule has 0 aromatic heterocycles. The zero-order chi connectivity index (χ0) is 15.4. The second-order valence-corrected chi connectivity index (χ2v) is 5.73. The molecule has 0 saturated heterocycles. The van der Waals surface area contributed by atoms with Gasteiger partial charge in [0.1, 0.15) is 0 Å². The minimum absolute atomic E-state index is 0.0329. The van der Waals surface area contributed by atoms with Crippen molar-refractivity contribution in [2.45, 2.75) is 51.7 Å². The van der Waals surface area contributed by atoms with Gasteiger partial charge >= 0.3 is 0 Å². The van der Waals surface area contributed by atoms with Crippen LogP contribution in [0.2, 0.25) is 0 Å². The number of aliphatic hydroxyl groups excluding tert-OH is 1. The number of rotatable bonds is 6. The summed E-state index contributed by atoms with van der Waals surface area (Å²) in [5.41, 5.74) is 2.21. The lowest BCUT2D eigenvalue weighted by molar-refractivity contribution is -0.385. The Hall–Kier alpha value is -1.46. The van der Waals surface area contributed by atoms with Crippen LogP contribution in [0.25, 0.3) is 0 Å².